The Bertz CT molecular complexity index is 1110. The lowest BCUT2D eigenvalue weighted by atomic mass is 9.94. The first-order valence-corrected chi connectivity index (χ1v) is 14.1. The topological polar surface area (TPSA) is 114 Å². The van der Waals surface area contributed by atoms with Crippen LogP contribution in [-0.2, 0) is 29.1 Å². The van der Waals surface area contributed by atoms with E-state index in [4.69, 9.17) is 9.47 Å². The van der Waals surface area contributed by atoms with Crippen molar-refractivity contribution in [1.82, 2.24) is 9.21 Å². The Labute approximate surface area is 212 Å². The third-order valence-electron chi connectivity index (χ3n) is 7.03. The predicted octanol–water partition coefficient (Wildman–Crippen LogP) is 1.88. The molecule has 0 N–H and O–H groups in total. The van der Waals surface area contributed by atoms with Crippen LogP contribution in [0.1, 0.15) is 40.0 Å². The van der Waals surface area contributed by atoms with Crippen LogP contribution in [0.25, 0.3) is 0 Å². The molecule has 11 heteroatoms. The van der Waals surface area contributed by atoms with Gasteiger partial charge in [-0.2, -0.15) is 4.31 Å². The van der Waals surface area contributed by atoms with Crippen LogP contribution < -0.4 is 9.64 Å². The van der Waals surface area contributed by atoms with Crippen molar-refractivity contribution in [3.63, 3.8) is 0 Å². The van der Waals surface area contributed by atoms with E-state index in [9.17, 15) is 22.8 Å². The van der Waals surface area contributed by atoms with Crippen LogP contribution in [0.4, 0.5) is 5.69 Å². The van der Waals surface area contributed by atoms with Crippen LogP contribution in [-0.4, -0.2) is 81.3 Å². The number of esters is 1. The van der Waals surface area contributed by atoms with Crippen molar-refractivity contribution in [2.45, 2.75) is 44.9 Å². The molecule has 0 bridgehead atoms. The molecule has 0 radical (unpaired) electrons. The summed E-state index contributed by atoms with van der Waals surface area (Å²) >= 11 is 0. The standard InChI is InChI=1S/C25H35N3O7S/c1-4-34-25(31)19-6-5-9-26(14-19)23(29)15-28-21-11-20(7-8-22(21)35-16-24(28)30)36(32,33)27-12-17(2)10-18(3)13-27/h7-8,11,17-19H,4-6,9-10,12-16H2,1-3H3/t17-,18+,19-/m1/s1. The van der Waals surface area contributed by atoms with E-state index in [1.807, 2.05) is 13.8 Å². The van der Waals surface area contributed by atoms with Gasteiger partial charge in [0.1, 0.15) is 12.3 Å². The largest absolute Gasteiger partial charge is 0.482 e. The Morgan fingerprint density at radius 2 is 1.86 bits per heavy atom. The molecule has 2 amide bonds. The monoisotopic (exact) mass is 521 g/mol. The van der Waals surface area contributed by atoms with Gasteiger partial charge < -0.3 is 14.4 Å². The van der Waals surface area contributed by atoms with E-state index >= 15 is 0 Å². The SMILES string of the molecule is CCOC(=O)[C@@H]1CCCN(C(=O)CN2C(=O)COc3ccc(S(=O)(=O)N4C[C@H](C)C[C@H](C)C4)cc32)C1. The molecule has 0 saturated carbocycles. The highest BCUT2D eigenvalue weighted by Gasteiger charge is 2.36. The highest BCUT2D eigenvalue weighted by atomic mass is 32.2. The fraction of sp³-hybridized carbons (Fsp3) is 0.640. The zero-order valence-electron chi connectivity index (χ0n) is 21.1. The Kier molecular flexibility index (Phi) is 7.89. The van der Waals surface area contributed by atoms with Gasteiger partial charge in [-0.25, -0.2) is 8.42 Å². The molecule has 0 aromatic heterocycles. The summed E-state index contributed by atoms with van der Waals surface area (Å²) in [5.74, 6) is -0.585. The number of hydrogen-bond acceptors (Lipinski definition) is 7. The highest BCUT2D eigenvalue weighted by Crippen LogP contribution is 2.36. The minimum Gasteiger partial charge on any atom is -0.482 e. The highest BCUT2D eigenvalue weighted by molar-refractivity contribution is 7.89. The normalized spacial score (nSPS) is 25.2. The number of sulfonamides is 1. The Hall–Kier alpha value is -2.66. The van der Waals surface area contributed by atoms with E-state index in [0.29, 0.717) is 38.2 Å². The van der Waals surface area contributed by atoms with Crippen LogP contribution in [0.2, 0.25) is 0 Å². The number of rotatable bonds is 6. The molecule has 2 saturated heterocycles. The van der Waals surface area contributed by atoms with Crippen molar-refractivity contribution in [2.24, 2.45) is 17.8 Å². The number of anilines is 1. The number of carbonyl (C=O) groups is 3. The zero-order valence-corrected chi connectivity index (χ0v) is 22.0. The summed E-state index contributed by atoms with van der Waals surface area (Å²) in [7, 11) is -3.78. The van der Waals surface area contributed by atoms with Gasteiger partial charge in [-0.15, -0.1) is 0 Å². The van der Waals surface area contributed by atoms with Gasteiger partial charge in [-0.3, -0.25) is 19.3 Å². The van der Waals surface area contributed by atoms with Crippen molar-refractivity contribution in [2.75, 3.05) is 50.8 Å². The quantitative estimate of drug-likeness (QED) is 0.525. The zero-order chi connectivity index (χ0) is 26.0. The number of amides is 2. The first-order valence-electron chi connectivity index (χ1n) is 12.6. The van der Waals surface area contributed by atoms with Gasteiger partial charge in [0.15, 0.2) is 6.61 Å². The summed E-state index contributed by atoms with van der Waals surface area (Å²) in [5.41, 5.74) is 0.262. The maximum absolute atomic E-state index is 13.4. The Morgan fingerprint density at radius 1 is 1.14 bits per heavy atom. The van der Waals surface area contributed by atoms with Crippen molar-refractivity contribution in [3.05, 3.63) is 18.2 Å². The maximum Gasteiger partial charge on any atom is 0.310 e. The van der Waals surface area contributed by atoms with Crippen LogP contribution in [0.5, 0.6) is 5.75 Å². The number of likely N-dealkylation sites (tertiary alicyclic amines) is 1. The summed E-state index contributed by atoms with van der Waals surface area (Å²) in [6.45, 7) is 7.22. The summed E-state index contributed by atoms with van der Waals surface area (Å²) < 4.78 is 39.0. The maximum atomic E-state index is 13.4. The molecule has 3 atom stereocenters. The number of piperidine rings is 2. The van der Waals surface area contributed by atoms with Gasteiger partial charge in [0.2, 0.25) is 15.9 Å². The second kappa shape index (κ2) is 10.8. The second-order valence-corrected chi connectivity index (χ2v) is 12.0. The molecule has 3 aliphatic rings. The van der Waals surface area contributed by atoms with Gasteiger partial charge in [-0.1, -0.05) is 13.8 Å². The summed E-state index contributed by atoms with van der Waals surface area (Å²) in [5, 5.41) is 0. The fourth-order valence-corrected chi connectivity index (χ4v) is 7.06. The number of fused-ring (bicyclic) bond motifs is 1. The molecule has 3 heterocycles. The average molecular weight is 522 g/mol. The first kappa shape index (κ1) is 26.4. The molecule has 1 aromatic carbocycles. The molecule has 4 rings (SSSR count). The smallest absolute Gasteiger partial charge is 0.310 e. The van der Waals surface area contributed by atoms with E-state index in [2.05, 4.69) is 0 Å². The molecule has 0 aliphatic carbocycles. The van der Waals surface area contributed by atoms with Gasteiger partial charge in [0.25, 0.3) is 5.91 Å². The lowest BCUT2D eigenvalue weighted by Crippen LogP contribution is -2.50. The minimum absolute atomic E-state index is 0.0682. The molecule has 10 nitrogen and oxygen atoms in total. The number of benzene rings is 1. The van der Waals surface area contributed by atoms with Crippen LogP contribution in [0.15, 0.2) is 23.1 Å². The molecule has 198 valence electrons. The molecule has 36 heavy (non-hydrogen) atoms. The third-order valence-corrected chi connectivity index (χ3v) is 8.86. The lowest BCUT2D eigenvalue weighted by molar-refractivity contribution is -0.151. The second-order valence-electron chi connectivity index (χ2n) is 10.1. The van der Waals surface area contributed by atoms with Crippen molar-refractivity contribution in [3.8, 4) is 5.75 Å². The van der Waals surface area contributed by atoms with Crippen LogP contribution >= 0.6 is 0 Å². The average Bonchev–Trinajstić information content (AvgIpc) is 2.85. The van der Waals surface area contributed by atoms with Gasteiger partial charge in [-0.05, 0) is 56.2 Å². The molecule has 3 aliphatic heterocycles. The van der Waals surface area contributed by atoms with E-state index in [1.165, 1.54) is 21.3 Å². The van der Waals surface area contributed by atoms with Crippen LogP contribution in [0.3, 0.4) is 0 Å². The lowest BCUT2D eigenvalue weighted by Gasteiger charge is -2.35. The Balaban J connectivity index is 1.54. The minimum atomic E-state index is -3.78. The van der Waals surface area contributed by atoms with E-state index in [0.717, 1.165) is 6.42 Å². The van der Waals surface area contributed by atoms with E-state index < -0.39 is 15.9 Å². The molecular formula is C25H35N3O7S. The Morgan fingerprint density at radius 3 is 2.56 bits per heavy atom. The number of ether oxygens (including phenoxy) is 2. The van der Waals surface area contributed by atoms with Gasteiger partial charge >= 0.3 is 5.97 Å². The number of carbonyl (C=O) groups excluding carboxylic acids is 3. The van der Waals surface area contributed by atoms with Gasteiger partial charge in [0, 0.05) is 26.2 Å². The number of nitrogens with zero attached hydrogens (tertiary/aromatic N) is 3. The van der Waals surface area contributed by atoms with Crippen molar-refractivity contribution in [1.29, 1.82) is 0 Å². The van der Waals surface area contributed by atoms with Crippen molar-refractivity contribution >= 4 is 33.5 Å². The third kappa shape index (κ3) is 5.51. The molecule has 0 unspecified atom stereocenters. The fourth-order valence-electron chi connectivity index (χ4n) is 5.36. The molecule has 1 aromatic rings. The van der Waals surface area contributed by atoms with Gasteiger partial charge in [0.05, 0.1) is 23.1 Å². The molecule has 0 spiro atoms. The van der Waals surface area contributed by atoms with Crippen molar-refractivity contribution < 1.29 is 32.3 Å². The number of hydrogen-bond donors (Lipinski definition) is 0. The first-order chi connectivity index (χ1) is 17.1. The molecular weight excluding hydrogens is 486 g/mol. The summed E-state index contributed by atoms with van der Waals surface area (Å²) in [6, 6.07) is 4.46. The van der Waals surface area contributed by atoms with Crippen LogP contribution in [0, 0.1) is 17.8 Å². The predicted molar refractivity (Wildman–Crippen MR) is 132 cm³/mol. The summed E-state index contributed by atoms with van der Waals surface area (Å²) in [6.07, 6.45) is 2.29. The molecule has 2 fully saturated rings. The summed E-state index contributed by atoms with van der Waals surface area (Å²) in [4.78, 5) is 41.0. The van der Waals surface area contributed by atoms with E-state index in [-0.39, 0.29) is 66.5 Å². The van der Waals surface area contributed by atoms with E-state index in [1.54, 1.807) is 17.9 Å².